The van der Waals surface area contributed by atoms with Crippen molar-refractivity contribution in [2.75, 3.05) is 18.6 Å². The number of aliphatic hydroxyl groups excluding tert-OH is 1. The lowest BCUT2D eigenvalue weighted by Gasteiger charge is -2.25. The molecule has 0 aliphatic rings. The lowest BCUT2D eigenvalue weighted by atomic mass is 10.0. The van der Waals surface area contributed by atoms with E-state index in [1.165, 1.54) is 11.8 Å². The smallest absolute Gasteiger partial charge is 0.326 e. The number of aromatic amines is 1. The minimum absolute atomic E-state index is 0.208. The maximum Gasteiger partial charge on any atom is 0.326 e. The maximum absolute atomic E-state index is 12.8. The van der Waals surface area contributed by atoms with Gasteiger partial charge in [0.15, 0.2) is 0 Å². The first kappa shape index (κ1) is 29.1. The second-order valence-electron chi connectivity index (χ2n) is 8.83. The Morgan fingerprint density at radius 2 is 1.67 bits per heavy atom. The fourth-order valence-corrected chi connectivity index (χ4v) is 4.12. The highest BCUT2D eigenvalue weighted by molar-refractivity contribution is 7.98. The lowest BCUT2D eigenvalue weighted by molar-refractivity contribution is -0.143. The number of fused-ring (bicyclic) bond motifs is 1. The molecule has 36 heavy (non-hydrogen) atoms. The van der Waals surface area contributed by atoms with E-state index in [1.54, 1.807) is 20.0 Å². The van der Waals surface area contributed by atoms with Crippen molar-refractivity contribution in [3.05, 3.63) is 36.0 Å². The number of amides is 3. The van der Waals surface area contributed by atoms with Gasteiger partial charge in [-0.05, 0) is 42.4 Å². The third-order valence-corrected chi connectivity index (χ3v) is 6.39. The number of carbonyl (C=O) groups excluding carboxylic acids is 3. The van der Waals surface area contributed by atoms with Crippen LogP contribution in [0, 0.1) is 5.92 Å². The Morgan fingerprint density at radius 1 is 1.03 bits per heavy atom. The molecule has 4 atom stereocenters. The molecule has 3 amide bonds. The number of hydrogen-bond donors (Lipinski definition) is 7. The van der Waals surface area contributed by atoms with Crippen LogP contribution >= 0.6 is 11.8 Å². The summed E-state index contributed by atoms with van der Waals surface area (Å²) in [5.41, 5.74) is 7.81. The van der Waals surface area contributed by atoms with Gasteiger partial charge in [0.05, 0.1) is 12.6 Å². The van der Waals surface area contributed by atoms with E-state index in [4.69, 9.17) is 5.73 Å². The molecule has 1 aromatic heterocycles. The number of aromatic nitrogens is 1. The topological polar surface area (TPSA) is 187 Å². The zero-order valence-corrected chi connectivity index (χ0v) is 21.4. The molecule has 0 radical (unpaired) electrons. The van der Waals surface area contributed by atoms with Gasteiger partial charge in [-0.3, -0.25) is 14.4 Å². The molecule has 4 unspecified atom stereocenters. The summed E-state index contributed by atoms with van der Waals surface area (Å²) < 4.78 is 0. The molecule has 0 spiro atoms. The SMILES string of the molecule is CSCCC(NC(=O)C(CO)NC(=O)C(N)Cc1c[nH]c2ccccc12)C(=O)NC(C(=O)O)C(C)C. The fraction of sp³-hybridized carbons (Fsp3) is 0.500. The first-order valence-corrected chi connectivity index (χ1v) is 13.0. The van der Waals surface area contributed by atoms with Gasteiger partial charge in [0.2, 0.25) is 17.7 Å². The van der Waals surface area contributed by atoms with Crippen LogP contribution in [0.1, 0.15) is 25.8 Å². The summed E-state index contributed by atoms with van der Waals surface area (Å²) in [6.07, 6.45) is 4.04. The van der Waals surface area contributed by atoms with Crippen LogP contribution in [0.4, 0.5) is 0 Å². The Hall–Kier alpha value is -3.09. The van der Waals surface area contributed by atoms with Crippen molar-refractivity contribution < 1.29 is 29.4 Å². The number of carbonyl (C=O) groups is 4. The van der Waals surface area contributed by atoms with E-state index in [1.807, 2.05) is 30.5 Å². The van der Waals surface area contributed by atoms with Crippen LogP contribution in [0.5, 0.6) is 0 Å². The molecule has 0 bridgehead atoms. The highest BCUT2D eigenvalue weighted by Gasteiger charge is 2.31. The van der Waals surface area contributed by atoms with Gasteiger partial charge in [0.1, 0.15) is 18.1 Å². The van der Waals surface area contributed by atoms with Crippen molar-refractivity contribution in [1.29, 1.82) is 0 Å². The zero-order valence-electron chi connectivity index (χ0n) is 20.6. The number of hydrogen-bond acceptors (Lipinski definition) is 7. The van der Waals surface area contributed by atoms with Crippen LogP contribution in [0.15, 0.2) is 30.5 Å². The van der Waals surface area contributed by atoms with Gasteiger partial charge in [-0.1, -0.05) is 32.0 Å². The Morgan fingerprint density at radius 3 is 2.28 bits per heavy atom. The van der Waals surface area contributed by atoms with Crippen molar-refractivity contribution in [2.45, 2.75) is 50.9 Å². The van der Waals surface area contributed by atoms with E-state index < -0.39 is 54.5 Å². The monoisotopic (exact) mass is 521 g/mol. The molecule has 198 valence electrons. The molecular formula is C24H35N5O6S. The van der Waals surface area contributed by atoms with E-state index in [9.17, 15) is 29.4 Å². The summed E-state index contributed by atoms with van der Waals surface area (Å²) >= 11 is 1.45. The third-order valence-electron chi connectivity index (χ3n) is 5.74. The Balaban J connectivity index is 2.03. The van der Waals surface area contributed by atoms with Crippen molar-refractivity contribution in [1.82, 2.24) is 20.9 Å². The number of carboxylic acid groups (broad SMARTS) is 1. The largest absolute Gasteiger partial charge is 0.480 e. The van der Waals surface area contributed by atoms with Gasteiger partial charge in [-0.15, -0.1) is 0 Å². The third kappa shape index (κ3) is 7.97. The first-order chi connectivity index (χ1) is 17.1. The maximum atomic E-state index is 12.8. The van der Waals surface area contributed by atoms with Crippen LogP contribution in [0.2, 0.25) is 0 Å². The standard InChI is InChI=1S/C24H35N5O6S/c1-13(2)20(24(34)35)29-22(32)18(8-9-36-3)27-23(33)19(12-30)28-21(31)16(25)10-14-11-26-17-7-5-4-6-15(14)17/h4-7,11,13,16,18-20,26,30H,8-10,12,25H2,1-3H3,(H,27,33)(H,28,31)(H,29,32)(H,34,35). The summed E-state index contributed by atoms with van der Waals surface area (Å²) in [5, 5.41) is 27.4. The molecule has 1 heterocycles. The molecular weight excluding hydrogens is 486 g/mol. The normalized spacial score (nSPS) is 14.6. The highest BCUT2D eigenvalue weighted by atomic mass is 32.2. The number of H-pyrrole nitrogens is 1. The Bertz CT molecular complexity index is 1060. The number of nitrogens with two attached hydrogens (primary N) is 1. The average Bonchev–Trinajstić information content (AvgIpc) is 3.25. The second-order valence-corrected chi connectivity index (χ2v) is 9.81. The van der Waals surface area contributed by atoms with Gasteiger partial charge in [-0.25, -0.2) is 4.79 Å². The number of rotatable bonds is 14. The second kappa shape index (κ2) is 13.9. The molecule has 2 aromatic rings. The summed E-state index contributed by atoms with van der Waals surface area (Å²) in [6, 6.07) is 3.08. The molecule has 0 saturated heterocycles. The first-order valence-electron chi connectivity index (χ1n) is 11.6. The molecule has 12 heteroatoms. The number of aliphatic hydroxyl groups is 1. The molecule has 8 N–H and O–H groups in total. The molecule has 2 rings (SSSR count). The van der Waals surface area contributed by atoms with E-state index in [-0.39, 0.29) is 18.8 Å². The number of benzene rings is 1. The average molecular weight is 522 g/mol. The minimum atomic E-state index is -1.34. The van der Waals surface area contributed by atoms with Crippen molar-refractivity contribution in [2.24, 2.45) is 11.7 Å². The van der Waals surface area contributed by atoms with Crippen LogP contribution < -0.4 is 21.7 Å². The summed E-state index contributed by atoms with van der Waals surface area (Å²) in [6.45, 7) is 2.61. The predicted molar refractivity (Wildman–Crippen MR) is 138 cm³/mol. The van der Waals surface area contributed by atoms with Crippen molar-refractivity contribution >= 4 is 46.4 Å². The number of carboxylic acids is 1. The van der Waals surface area contributed by atoms with Crippen molar-refractivity contribution in [3.63, 3.8) is 0 Å². The number of para-hydroxylation sites is 1. The van der Waals surface area contributed by atoms with E-state index in [0.717, 1.165) is 16.5 Å². The molecule has 0 aliphatic carbocycles. The van der Waals surface area contributed by atoms with Crippen LogP contribution in [-0.2, 0) is 25.6 Å². The number of thioether (sulfide) groups is 1. The van der Waals surface area contributed by atoms with E-state index in [2.05, 4.69) is 20.9 Å². The van der Waals surface area contributed by atoms with Gasteiger partial charge in [0.25, 0.3) is 0 Å². The Labute approximate surface area is 214 Å². The van der Waals surface area contributed by atoms with E-state index >= 15 is 0 Å². The fourth-order valence-electron chi connectivity index (χ4n) is 3.65. The summed E-state index contributed by atoms with van der Waals surface area (Å²) in [4.78, 5) is 52.8. The zero-order chi connectivity index (χ0) is 26.8. The van der Waals surface area contributed by atoms with Gasteiger partial charge in [0, 0.05) is 17.1 Å². The minimum Gasteiger partial charge on any atom is -0.480 e. The van der Waals surface area contributed by atoms with Gasteiger partial charge >= 0.3 is 5.97 Å². The van der Waals surface area contributed by atoms with Crippen LogP contribution in [0.25, 0.3) is 10.9 Å². The molecule has 0 saturated carbocycles. The van der Waals surface area contributed by atoms with E-state index in [0.29, 0.717) is 5.75 Å². The quantitative estimate of drug-likeness (QED) is 0.181. The van der Waals surface area contributed by atoms with Gasteiger partial charge in [-0.2, -0.15) is 11.8 Å². The lowest BCUT2D eigenvalue weighted by Crippen LogP contribution is -2.58. The van der Waals surface area contributed by atoms with Crippen molar-refractivity contribution in [3.8, 4) is 0 Å². The number of nitrogens with one attached hydrogen (secondary N) is 4. The molecule has 0 fully saturated rings. The number of aliphatic carboxylic acids is 1. The summed E-state index contributed by atoms with van der Waals surface area (Å²) in [5.74, 6) is -3.10. The molecule has 0 aliphatic heterocycles. The predicted octanol–water partition coefficient (Wildman–Crippen LogP) is -0.0219. The molecule has 11 nitrogen and oxygen atoms in total. The van der Waals surface area contributed by atoms with Crippen LogP contribution in [-0.4, -0.2) is 81.7 Å². The summed E-state index contributed by atoms with van der Waals surface area (Å²) in [7, 11) is 0. The van der Waals surface area contributed by atoms with Crippen LogP contribution in [0.3, 0.4) is 0 Å². The highest BCUT2D eigenvalue weighted by Crippen LogP contribution is 2.18. The Kier molecular flexibility index (Phi) is 11.2. The molecule has 1 aromatic carbocycles. The van der Waals surface area contributed by atoms with Gasteiger partial charge < -0.3 is 36.9 Å².